The summed E-state index contributed by atoms with van der Waals surface area (Å²) in [6.07, 6.45) is 1.54. The molecular formula is C20H24N4O3S. The molecule has 7 nitrogen and oxygen atoms in total. The second-order valence-electron chi connectivity index (χ2n) is 7.47. The molecule has 2 atom stereocenters. The average Bonchev–Trinajstić information content (AvgIpc) is 3.07. The molecule has 8 heteroatoms. The van der Waals surface area contributed by atoms with Gasteiger partial charge < -0.3 is 10.1 Å². The molecule has 3 heterocycles. The van der Waals surface area contributed by atoms with E-state index in [1.54, 1.807) is 12.1 Å². The lowest BCUT2D eigenvalue weighted by Gasteiger charge is -2.34. The largest absolute Gasteiger partial charge is 0.373 e. The molecule has 28 heavy (non-hydrogen) atoms. The van der Waals surface area contributed by atoms with Crippen LogP contribution in [0.2, 0.25) is 0 Å². The van der Waals surface area contributed by atoms with Crippen molar-refractivity contribution in [3.8, 4) is 0 Å². The number of anilines is 2. The van der Waals surface area contributed by atoms with E-state index in [9.17, 15) is 9.59 Å². The molecule has 1 fully saturated rings. The minimum absolute atomic E-state index is 0.0177. The van der Waals surface area contributed by atoms with Crippen molar-refractivity contribution in [2.45, 2.75) is 45.4 Å². The number of morpholine rings is 1. The Hall–Kier alpha value is -2.29. The Labute approximate surface area is 168 Å². The molecule has 148 valence electrons. The number of aryl methyl sites for hydroxylation is 1. The third-order valence-electron chi connectivity index (χ3n) is 4.92. The van der Waals surface area contributed by atoms with E-state index in [1.807, 2.05) is 11.4 Å². The maximum atomic E-state index is 12.6. The summed E-state index contributed by atoms with van der Waals surface area (Å²) in [5.41, 5.74) is 3.30. The minimum atomic E-state index is -0.186. The van der Waals surface area contributed by atoms with Crippen LogP contribution in [0.15, 0.2) is 23.6 Å². The highest BCUT2D eigenvalue weighted by Gasteiger charge is 2.23. The molecule has 0 aliphatic carbocycles. The van der Waals surface area contributed by atoms with Crippen molar-refractivity contribution in [3.05, 3.63) is 40.4 Å². The number of benzene rings is 1. The number of hydrogen-bond acceptors (Lipinski definition) is 6. The summed E-state index contributed by atoms with van der Waals surface area (Å²) in [4.78, 5) is 30.9. The number of carbonyl (C=O) groups is 2. The number of amides is 2. The number of rotatable bonds is 4. The lowest BCUT2D eigenvalue weighted by atomic mass is 10.0. The smallest absolute Gasteiger partial charge is 0.257 e. The first-order chi connectivity index (χ1) is 13.5. The van der Waals surface area contributed by atoms with Gasteiger partial charge >= 0.3 is 0 Å². The Kier molecular flexibility index (Phi) is 5.43. The van der Waals surface area contributed by atoms with Crippen LogP contribution in [0.25, 0.3) is 0 Å². The first-order valence-electron chi connectivity index (χ1n) is 9.52. The van der Waals surface area contributed by atoms with E-state index in [4.69, 9.17) is 4.74 Å². The van der Waals surface area contributed by atoms with Crippen LogP contribution in [0.5, 0.6) is 0 Å². The molecule has 2 N–H and O–H groups in total. The summed E-state index contributed by atoms with van der Waals surface area (Å²) >= 11 is 1.43. The van der Waals surface area contributed by atoms with Crippen LogP contribution in [0.1, 0.15) is 41.9 Å². The monoisotopic (exact) mass is 400 g/mol. The Morgan fingerprint density at radius 3 is 2.89 bits per heavy atom. The molecule has 1 aromatic heterocycles. The predicted octanol–water partition coefficient (Wildman–Crippen LogP) is 2.89. The van der Waals surface area contributed by atoms with Crippen LogP contribution in [0.3, 0.4) is 0 Å². The molecule has 0 saturated carbocycles. The number of aromatic nitrogens is 1. The van der Waals surface area contributed by atoms with E-state index in [2.05, 4.69) is 34.4 Å². The number of ether oxygens (including phenoxy) is 1. The second-order valence-corrected chi connectivity index (χ2v) is 8.33. The van der Waals surface area contributed by atoms with Crippen molar-refractivity contribution in [2.24, 2.45) is 0 Å². The van der Waals surface area contributed by atoms with Crippen molar-refractivity contribution in [1.29, 1.82) is 0 Å². The number of nitrogens with one attached hydrogen (secondary N) is 2. The van der Waals surface area contributed by atoms with Crippen molar-refractivity contribution < 1.29 is 14.3 Å². The topological polar surface area (TPSA) is 83.6 Å². The van der Waals surface area contributed by atoms with E-state index in [0.717, 1.165) is 36.6 Å². The van der Waals surface area contributed by atoms with Crippen molar-refractivity contribution in [2.75, 3.05) is 23.7 Å². The SMILES string of the molecule is C[C@@H]1CN(Cc2csc(NC(=O)c3ccc4c(c3)CCC(=O)N4)n2)C[C@H](C)O1. The normalized spacial score (nSPS) is 22.4. The summed E-state index contributed by atoms with van der Waals surface area (Å²) in [7, 11) is 0. The standard InChI is InChI=1S/C20H24N4O3S/c1-12-8-24(9-13(2)27-12)10-16-11-28-20(21-16)23-19(26)15-3-5-17-14(7-15)4-6-18(25)22-17/h3,5,7,11-13H,4,6,8-10H2,1-2H3,(H,22,25)(H,21,23,26)/t12-,13+. The van der Waals surface area contributed by atoms with Gasteiger partial charge in [0.25, 0.3) is 5.91 Å². The third-order valence-corrected chi connectivity index (χ3v) is 5.72. The van der Waals surface area contributed by atoms with Crippen LogP contribution in [-0.4, -0.2) is 47.0 Å². The van der Waals surface area contributed by atoms with Crippen LogP contribution >= 0.6 is 11.3 Å². The molecule has 0 bridgehead atoms. The molecule has 2 aliphatic rings. The molecular weight excluding hydrogens is 376 g/mol. The van der Waals surface area contributed by atoms with Gasteiger partial charge in [-0.05, 0) is 44.0 Å². The van der Waals surface area contributed by atoms with Gasteiger partial charge in [0.15, 0.2) is 5.13 Å². The van der Waals surface area contributed by atoms with E-state index >= 15 is 0 Å². The van der Waals surface area contributed by atoms with Crippen molar-refractivity contribution >= 4 is 34.0 Å². The van der Waals surface area contributed by atoms with Gasteiger partial charge in [0.1, 0.15) is 0 Å². The maximum absolute atomic E-state index is 12.6. The summed E-state index contributed by atoms with van der Waals surface area (Å²) in [5, 5.41) is 8.30. The van der Waals surface area contributed by atoms with Crippen molar-refractivity contribution in [1.82, 2.24) is 9.88 Å². The maximum Gasteiger partial charge on any atom is 0.257 e. The minimum Gasteiger partial charge on any atom is -0.373 e. The molecule has 2 aromatic rings. The van der Waals surface area contributed by atoms with Crippen LogP contribution in [0, 0.1) is 0 Å². The predicted molar refractivity (Wildman–Crippen MR) is 109 cm³/mol. The zero-order valence-corrected chi connectivity index (χ0v) is 16.8. The van der Waals surface area contributed by atoms with E-state index in [-0.39, 0.29) is 24.0 Å². The zero-order valence-electron chi connectivity index (χ0n) is 16.0. The van der Waals surface area contributed by atoms with Gasteiger partial charge in [-0.3, -0.25) is 19.8 Å². The molecule has 0 unspecified atom stereocenters. The fourth-order valence-corrected chi connectivity index (χ4v) is 4.47. The van der Waals surface area contributed by atoms with Gasteiger partial charge in [-0.15, -0.1) is 11.3 Å². The van der Waals surface area contributed by atoms with E-state index in [1.165, 1.54) is 11.3 Å². The first kappa shape index (κ1) is 19.0. The fourth-order valence-electron chi connectivity index (χ4n) is 3.77. The van der Waals surface area contributed by atoms with Gasteiger partial charge in [-0.2, -0.15) is 0 Å². The number of nitrogens with zero attached hydrogens (tertiary/aromatic N) is 2. The average molecular weight is 401 g/mol. The molecule has 0 spiro atoms. The number of thiazole rings is 1. The summed E-state index contributed by atoms with van der Waals surface area (Å²) in [5.74, 6) is -0.168. The molecule has 1 aromatic carbocycles. The van der Waals surface area contributed by atoms with Crippen molar-refractivity contribution in [3.63, 3.8) is 0 Å². The Morgan fingerprint density at radius 1 is 1.32 bits per heavy atom. The highest BCUT2D eigenvalue weighted by Crippen LogP contribution is 2.25. The first-order valence-corrected chi connectivity index (χ1v) is 10.4. The zero-order chi connectivity index (χ0) is 19.7. The lowest BCUT2D eigenvalue weighted by Crippen LogP contribution is -2.44. The second kappa shape index (κ2) is 7.98. The third kappa shape index (κ3) is 4.40. The highest BCUT2D eigenvalue weighted by molar-refractivity contribution is 7.14. The van der Waals surface area contributed by atoms with Crippen LogP contribution in [-0.2, 0) is 22.5 Å². The van der Waals surface area contributed by atoms with Gasteiger partial charge in [-0.1, -0.05) is 0 Å². The van der Waals surface area contributed by atoms with Crippen LogP contribution < -0.4 is 10.6 Å². The van der Waals surface area contributed by atoms with Gasteiger partial charge in [0.05, 0.1) is 17.9 Å². The molecule has 2 amide bonds. The molecule has 0 radical (unpaired) electrons. The van der Waals surface area contributed by atoms with Gasteiger partial charge in [0, 0.05) is 42.7 Å². The van der Waals surface area contributed by atoms with E-state index in [0.29, 0.717) is 23.5 Å². The summed E-state index contributed by atoms with van der Waals surface area (Å²) in [6, 6.07) is 5.36. The van der Waals surface area contributed by atoms with Crippen LogP contribution in [0.4, 0.5) is 10.8 Å². The highest BCUT2D eigenvalue weighted by atomic mass is 32.1. The molecule has 2 aliphatic heterocycles. The number of hydrogen-bond donors (Lipinski definition) is 2. The fraction of sp³-hybridized carbons (Fsp3) is 0.450. The Bertz CT molecular complexity index is 887. The molecule has 1 saturated heterocycles. The number of carbonyl (C=O) groups excluding carboxylic acids is 2. The van der Waals surface area contributed by atoms with Gasteiger partial charge in [-0.25, -0.2) is 4.98 Å². The molecule has 4 rings (SSSR count). The quantitative estimate of drug-likeness (QED) is 0.825. The Balaban J connectivity index is 1.38. The number of fused-ring (bicyclic) bond motifs is 1. The Morgan fingerprint density at radius 2 is 2.11 bits per heavy atom. The lowest BCUT2D eigenvalue weighted by molar-refractivity contribution is -0.116. The summed E-state index contributed by atoms with van der Waals surface area (Å²) < 4.78 is 5.77. The van der Waals surface area contributed by atoms with Gasteiger partial charge in [0.2, 0.25) is 5.91 Å². The summed E-state index contributed by atoms with van der Waals surface area (Å²) in [6.45, 7) is 6.69. The van der Waals surface area contributed by atoms with E-state index < -0.39 is 0 Å².